The van der Waals surface area contributed by atoms with E-state index in [1.54, 1.807) is 12.1 Å². The number of nitrogens with zero attached hydrogens (tertiary/aromatic N) is 2. The molecule has 1 aliphatic rings. The first-order valence-corrected chi connectivity index (χ1v) is 7.81. The van der Waals surface area contributed by atoms with E-state index in [4.69, 9.17) is 0 Å². The molecule has 1 unspecified atom stereocenters. The average Bonchev–Trinajstić information content (AvgIpc) is 2.49. The van der Waals surface area contributed by atoms with Crippen LogP contribution < -0.4 is 0 Å². The van der Waals surface area contributed by atoms with Gasteiger partial charge < -0.3 is 9.80 Å². The van der Waals surface area contributed by atoms with Crippen molar-refractivity contribution in [1.82, 2.24) is 9.80 Å². The summed E-state index contributed by atoms with van der Waals surface area (Å²) in [5.74, 6) is -0.189. The van der Waals surface area contributed by atoms with E-state index in [1.807, 2.05) is 0 Å². The number of carbonyl (C=O) groups excluding carboxylic acids is 1. The highest BCUT2D eigenvalue weighted by molar-refractivity contribution is 5.95. The van der Waals surface area contributed by atoms with Crippen LogP contribution in [-0.4, -0.2) is 54.9 Å². The molecule has 116 valence electrons. The van der Waals surface area contributed by atoms with E-state index in [1.165, 1.54) is 18.6 Å². The summed E-state index contributed by atoms with van der Waals surface area (Å²) in [5.41, 5.74) is 0.612. The van der Waals surface area contributed by atoms with Crippen molar-refractivity contribution in [2.45, 2.75) is 32.2 Å². The molecule has 0 aliphatic carbocycles. The van der Waals surface area contributed by atoms with Crippen LogP contribution in [0.3, 0.4) is 0 Å². The number of rotatable bonds is 6. The molecule has 1 aromatic carbocycles. The molecule has 0 amide bonds. The normalized spacial score (nSPS) is 20.6. The van der Waals surface area contributed by atoms with Crippen LogP contribution in [0, 0.1) is 5.82 Å². The number of piperazine rings is 1. The van der Waals surface area contributed by atoms with Crippen LogP contribution in [0.15, 0.2) is 24.3 Å². The SMILES string of the molecule is CCC1CN(CCCC(=O)c2ccc(F)cc2)CCN1C. The third-order valence-electron chi connectivity index (χ3n) is 4.38. The number of carbonyl (C=O) groups is 1. The standard InChI is InChI=1S/C17H25FN2O/c1-3-16-13-20(12-11-19(16)2)10-4-5-17(21)14-6-8-15(18)9-7-14/h6-9,16H,3-5,10-13H2,1-2H3. The summed E-state index contributed by atoms with van der Waals surface area (Å²) >= 11 is 0. The molecule has 0 saturated carbocycles. The average molecular weight is 292 g/mol. The molecule has 1 aromatic rings. The molecular formula is C17H25FN2O. The van der Waals surface area contributed by atoms with Crippen molar-refractivity contribution in [3.63, 3.8) is 0 Å². The van der Waals surface area contributed by atoms with Crippen LogP contribution in [-0.2, 0) is 0 Å². The van der Waals surface area contributed by atoms with Crippen LogP contribution in [0.5, 0.6) is 0 Å². The second kappa shape index (κ2) is 7.66. The van der Waals surface area contributed by atoms with Gasteiger partial charge in [0.05, 0.1) is 0 Å². The highest BCUT2D eigenvalue weighted by Gasteiger charge is 2.22. The maximum atomic E-state index is 12.8. The lowest BCUT2D eigenvalue weighted by Crippen LogP contribution is -2.51. The minimum absolute atomic E-state index is 0.108. The van der Waals surface area contributed by atoms with Gasteiger partial charge in [-0.1, -0.05) is 6.92 Å². The van der Waals surface area contributed by atoms with E-state index >= 15 is 0 Å². The van der Waals surface area contributed by atoms with Gasteiger partial charge in [0.1, 0.15) is 5.82 Å². The van der Waals surface area contributed by atoms with E-state index in [0.717, 1.165) is 32.6 Å². The molecule has 2 rings (SSSR count). The third kappa shape index (κ3) is 4.61. The van der Waals surface area contributed by atoms with Gasteiger partial charge in [-0.25, -0.2) is 4.39 Å². The lowest BCUT2D eigenvalue weighted by atomic mass is 10.1. The maximum absolute atomic E-state index is 12.8. The number of benzene rings is 1. The fourth-order valence-electron chi connectivity index (χ4n) is 2.90. The quantitative estimate of drug-likeness (QED) is 0.753. The first kappa shape index (κ1) is 16.1. The van der Waals surface area contributed by atoms with Crippen molar-refractivity contribution >= 4 is 5.78 Å². The Morgan fingerprint density at radius 2 is 2.00 bits per heavy atom. The van der Waals surface area contributed by atoms with Crippen LogP contribution in [0.1, 0.15) is 36.5 Å². The zero-order valence-electron chi connectivity index (χ0n) is 13.0. The van der Waals surface area contributed by atoms with Crippen molar-refractivity contribution in [2.75, 3.05) is 33.2 Å². The van der Waals surface area contributed by atoms with E-state index in [2.05, 4.69) is 23.8 Å². The summed E-state index contributed by atoms with van der Waals surface area (Å²) < 4.78 is 12.8. The summed E-state index contributed by atoms with van der Waals surface area (Å²) in [7, 11) is 2.18. The number of likely N-dealkylation sites (N-methyl/N-ethyl adjacent to an activating group) is 1. The van der Waals surface area contributed by atoms with Gasteiger partial charge in [-0.05, 0) is 50.7 Å². The molecule has 0 spiro atoms. The number of hydrogen-bond donors (Lipinski definition) is 0. The Hall–Kier alpha value is -1.26. The largest absolute Gasteiger partial charge is 0.301 e. The van der Waals surface area contributed by atoms with Gasteiger partial charge in [0.2, 0.25) is 0 Å². The minimum Gasteiger partial charge on any atom is -0.301 e. The first-order chi connectivity index (χ1) is 10.1. The van der Waals surface area contributed by atoms with E-state index in [9.17, 15) is 9.18 Å². The summed E-state index contributed by atoms with van der Waals surface area (Å²) in [6.07, 6.45) is 2.58. The zero-order valence-corrected chi connectivity index (χ0v) is 13.0. The Kier molecular flexibility index (Phi) is 5.88. The zero-order chi connectivity index (χ0) is 15.2. The fraction of sp³-hybridized carbons (Fsp3) is 0.588. The molecule has 0 radical (unpaired) electrons. The third-order valence-corrected chi connectivity index (χ3v) is 4.38. The molecule has 3 nitrogen and oxygen atoms in total. The van der Waals surface area contributed by atoms with Gasteiger partial charge in [-0.2, -0.15) is 0 Å². The van der Waals surface area contributed by atoms with Crippen molar-refractivity contribution in [3.8, 4) is 0 Å². The monoisotopic (exact) mass is 292 g/mol. The number of ketones is 1. The van der Waals surface area contributed by atoms with Crippen molar-refractivity contribution < 1.29 is 9.18 Å². The van der Waals surface area contributed by atoms with Crippen LogP contribution in [0.4, 0.5) is 4.39 Å². The van der Waals surface area contributed by atoms with Gasteiger partial charge in [0, 0.05) is 37.7 Å². The predicted molar refractivity (Wildman–Crippen MR) is 83.1 cm³/mol. The number of halogens is 1. The molecule has 0 aromatic heterocycles. The van der Waals surface area contributed by atoms with Crippen molar-refractivity contribution in [3.05, 3.63) is 35.6 Å². The van der Waals surface area contributed by atoms with Gasteiger partial charge in [0.15, 0.2) is 5.78 Å². The molecule has 4 heteroatoms. The molecule has 21 heavy (non-hydrogen) atoms. The van der Waals surface area contributed by atoms with Gasteiger partial charge >= 0.3 is 0 Å². The Bertz CT molecular complexity index is 460. The fourth-order valence-corrected chi connectivity index (χ4v) is 2.90. The van der Waals surface area contributed by atoms with Gasteiger partial charge in [-0.15, -0.1) is 0 Å². The van der Waals surface area contributed by atoms with Crippen LogP contribution >= 0.6 is 0 Å². The van der Waals surface area contributed by atoms with Gasteiger partial charge in [0.25, 0.3) is 0 Å². The maximum Gasteiger partial charge on any atom is 0.162 e. The molecular weight excluding hydrogens is 267 g/mol. The lowest BCUT2D eigenvalue weighted by Gasteiger charge is -2.39. The Labute approximate surface area is 126 Å². The smallest absolute Gasteiger partial charge is 0.162 e. The minimum atomic E-state index is -0.297. The number of hydrogen-bond acceptors (Lipinski definition) is 3. The molecule has 1 aliphatic heterocycles. The van der Waals surface area contributed by atoms with Crippen molar-refractivity contribution in [2.24, 2.45) is 0 Å². The van der Waals surface area contributed by atoms with E-state index in [0.29, 0.717) is 18.0 Å². The molecule has 1 fully saturated rings. The summed E-state index contributed by atoms with van der Waals surface area (Å²) in [6, 6.07) is 6.46. The van der Waals surface area contributed by atoms with E-state index < -0.39 is 0 Å². The lowest BCUT2D eigenvalue weighted by molar-refractivity contribution is 0.0875. The second-order valence-electron chi connectivity index (χ2n) is 5.88. The highest BCUT2D eigenvalue weighted by atomic mass is 19.1. The molecule has 0 N–H and O–H groups in total. The molecule has 1 heterocycles. The van der Waals surface area contributed by atoms with Crippen LogP contribution in [0.2, 0.25) is 0 Å². The first-order valence-electron chi connectivity index (χ1n) is 7.81. The Morgan fingerprint density at radius 1 is 1.29 bits per heavy atom. The Morgan fingerprint density at radius 3 is 2.67 bits per heavy atom. The second-order valence-corrected chi connectivity index (χ2v) is 5.88. The number of Topliss-reactive ketones (excluding diaryl/α,β-unsaturated/α-hetero) is 1. The molecule has 0 bridgehead atoms. The molecule has 1 saturated heterocycles. The highest BCUT2D eigenvalue weighted by Crippen LogP contribution is 2.12. The summed E-state index contributed by atoms with van der Waals surface area (Å²) in [6.45, 7) is 6.47. The van der Waals surface area contributed by atoms with Crippen LogP contribution in [0.25, 0.3) is 0 Å². The Balaban J connectivity index is 1.74. The predicted octanol–water partition coefficient (Wildman–Crippen LogP) is 2.81. The topological polar surface area (TPSA) is 23.6 Å². The summed E-state index contributed by atoms with van der Waals surface area (Å²) in [5, 5.41) is 0. The van der Waals surface area contributed by atoms with E-state index in [-0.39, 0.29) is 11.6 Å². The molecule has 1 atom stereocenters. The van der Waals surface area contributed by atoms with Crippen molar-refractivity contribution in [1.29, 1.82) is 0 Å². The van der Waals surface area contributed by atoms with Gasteiger partial charge in [-0.3, -0.25) is 4.79 Å². The summed E-state index contributed by atoms with van der Waals surface area (Å²) in [4.78, 5) is 16.9.